The van der Waals surface area contributed by atoms with Crippen LogP contribution in [0.4, 0.5) is 13.6 Å². The van der Waals surface area contributed by atoms with E-state index in [0.29, 0.717) is 5.71 Å². The summed E-state index contributed by atoms with van der Waals surface area (Å²) >= 11 is 0. The monoisotopic (exact) mass is 458 g/mol. The van der Waals surface area contributed by atoms with Crippen LogP contribution in [-0.4, -0.2) is 60.4 Å². The molecule has 0 fully saturated rings. The fourth-order valence-electron chi connectivity index (χ4n) is 3.61. The predicted octanol–water partition coefficient (Wildman–Crippen LogP) is 3.71. The van der Waals surface area contributed by atoms with Crippen LogP contribution in [0.3, 0.4) is 0 Å². The molecule has 1 aliphatic rings. The number of amides is 3. The summed E-state index contributed by atoms with van der Waals surface area (Å²) in [6, 6.07) is 10.9. The van der Waals surface area contributed by atoms with Gasteiger partial charge in [0.05, 0.1) is 18.4 Å². The van der Waals surface area contributed by atoms with E-state index in [9.17, 15) is 18.4 Å². The predicted molar refractivity (Wildman–Crippen MR) is 121 cm³/mol. The Morgan fingerprint density at radius 2 is 1.82 bits per heavy atom. The van der Waals surface area contributed by atoms with Gasteiger partial charge >= 0.3 is 6.03 Å². The molecule has 9 heteroatoms. The number of hydrazone groups is 1. The average Bonchev–Trinajstić information content (AvgIpc) is 3.21. The van der Waals surface area contributed by atoms with Gasteiger partial charge in [-0.05, 0) is 26.0 Å². The molecule has 2 aromatic rings. The van der Waals surface area contributed by atoms with Crippen LogP contribution >= 0.6 is 0 Å². The van der Waals surface area contributed by atoms with Crippen molar-refractivity contribution >= 4 is 17.6 Å². The van der Waals surface area contributed by atoms with Crippen LogP contribution in [0.25, 0.3) is 0 Å². The number of methoxy groups -OCH3 is 1. The number of carbonyl (C=O) groups is 2. The highest BCUT2D eigenvalue weighted by molar-refractivity contribution is 6.03. The largest absolute Gasteiger partial charge is 0.383 e. The SMILES string of the molecule is COCCN(CC(=O)N1N=C(c2ccccc2F)CC1c1ccccc1F)C(=O)NC(C)C. The molecular formula is C24H28F2N4O3. The fourth-order valence-corrected chi connectivity index (χ4v) is 3.61. The van der Waals surface area contributed by atoms with Gasteiger partial charge in [0.15, 0.2) is 0 Å². The first-order valence-electron chi connectivity index (χ1n) is 10.7. The number of halogens is 2. The number of nitrogens with zero attached hydrogens (tertiary/aromatic N) is 3. The third-order valence-corrected chi connectivity index (χ3v) is 5.21. The smallest absolute Gasteiger partial charge is 0.318 e. The summed E-state index contributed by atoms with van der Waals surface area (Å²) in [6.07, 6.45) is 0.143. The Morgan fingerprint density at radius 1 is 1.15 bits per heavy atom. The van der Waals surface area contributed by atoms with E-state index in [2.05, 4.69) is 10.4 Å². The molecule has 0 spiro atoms. The molecule has 0 aliphatic carbocycles. The van der Waals surface area contributed by atoms with Gasteiger partial charge in [0.1, 0.15) is 18.2 Å². The third kappa shape index (κ3) is 5.92. The lowest BCUT2D eigenvalue weighted by atomic mass is 9.97. The second-order valence-corrected chi connectivity index (χ2v) is 8.02. The Bertz CT molecular complexity index is 1030. The maximum atomic E-state index is 14.6. The maximum absolute atomic E-state index is 14.6. The highest BCUT2D eigenvalue weighted by atomic mass is 19.1. The Kier molecular flexibility index (Phi) is 8.11. The van der Waals surface area contributed by atoms with Crippen LogP contribution in [0, 0.1) is 11.6 Å². The van der Waals surface area contributed by atoms with Crippen LogP contribution in [0.5, 0.6) is 0 Å². The van der Waals surface area contributed by atoms with E-state index >= 15 is 0 Å². The zero-order valence-corrected chi connectivity index (χ0v) is 18.9. The van der Waals surface area contributed by atoms with Crippen LogP contribution in [0.2, 0.25) is 0 Å². The van der Waals surface area contributed by atoms with Crippen molar-refractivity contribution in [1.29, 1.82) is 0 Å². The molecular weight excluding hydrogens is 430 g/mol. The second kappa shape index (κ2) is 11.0. The molecule has 33 heavy (non-hydrogen) atoms. The molecule has 1 aliphatic heterocycles. The minimum absolute atomic E-state index is 0.124. The molecule has 1 unspecified atom stereocenters. The van der Waals surface area contributed by atoms with E-state index in [-0.39, 0.29) is 43.3 Å². The lowest BCUT2D eigenvalue weighted by Gasteiger charge is -2.27. The standard InChI is InChI=1S/C24H28F2N4O3/c1-16(2)27-24(32)29(12-13-33-3)15-23(31)30-22(18-9-5-7-11-20(18)26)14-21(28-30)17-8-4-6-10-19(17)25/h4-11,16,22H,12-15H2,1-3H3,(H,27,32). The highest BCUT2D eigenvalue weighted by Gasteiger charge is 2.36. The summed E-state index contributed by atoms with van der Waals surface area (Å²) in [5.74, 6) is -1.47. The number of carbonyl (C=O) groups excluding carboxylic acids is 2. The van der Waals surface area contributed by atoms with Crippen molar-refractivity contribution in [2.24, 2.45) is 5.10 Å². The summed E-state index contributed by atoms with van der Waals surface area (Å²) in [5, 5.41) is 8.29. The van der Waals surface area contributed by atoms with E-state index in [1.165, 1.54) is 24.1 Å². The zero-order valence-electron chi connectivity index (χ0n) is 18.9. The minimum Gasteiger partial charge on any atom is -0.383 e. The normalized spacial score (nSPS) is 15.5. The van der Waals surface area contributed by atoms with Crippen molar-refractivity contribution in [2.75, 3.05) is 26.8 Å². The molecule has 1 atom stereocenters. The average molecular weight is 459 g/mol. The summed E-state index contributed by atoms with van der Waals surface area (Å²) in [4.78, 5) is 27.2. The molecule has 0 bridgehead atoms. The van der Waals surface area contributed by atoms with E-state index in [4.69, 9.17) is 4.74 Å². The molecule has 0 aromatic heterocycles. The Balaban J connectivity index is 1.92. The second-order valence-electron chi connectivity index (χ2n) is 8.02. The van der Waals surface area contributed by atoms with Gasteiger partial charge < -0.3 is 15.0 Å². The molecule has 3 rings (SSSR count). The van der Waals surface area contributed by atoms with E-state index in [0.717, 1.165) is 5.01 Å². The summed E-state index contributed by atoms with van der Waals surface area (Å²) in [5.41, 5.74) is 0.865. The van der Waals surface area contributed by atoms with Gasteiger partial charge in [-0.25, -0.2) is 18.6 Å². The van der Waals surface area contributed by atoms with Crippen molar-refractivity contribution in [3.8, 4) is 0 Å². The van der Waals surface area contributed by atoms with Gasteiger partial charge in [-0.2, -0.15) is 5.10 Å². The zero-order chi connectivity index (χ0) is 24.0. The molecule has 7 nitrogen and oxygen atoms in total. The van der Waals surface area contributed by atoms with Crippen molar-refractivity contribution < 1.29 is 23.1 Å². The molecule has 176 valence electrons. The summed E-state index contributed by atoms with van der Waals surface area (Å²) < 4.78 is 34.1. The molecule has 3 amide bonds. The Labute approximate surface area is 192 Å². The molecule has 0 saturated carbocycles. The van der Waals surface area contributed by atoms with Crippen molar-refractivity contribution in [1.82, 2.24) is 15.2 Å². The number of hydrogen-bond acceptors (Lipinski definition) is 4. The van der Waals surface area contributed by atoms with Crippen LogP contribution in [0.15, 0.2) is 53.6 Å². The molecule has 2 aromatic carbocycles. The van der Waals surface area contributed by atoms with Crippen molar-refractivity contribution in [3.63, 3.8) is 0 Å². The van der Waals surface area contributed by atoms with Gasteiger partial charge in [0, 0.05) is 37.2 Å². The molecule has 0 saturated heterocycles. The quantitative estimate of drug-likeness (QED) is 0.656. The van der Waals surface area contributed by atoms with Crippen LogP contribution in [-0.2, 0) is 9.53 Å². The van der Waals surface area contributed by atoms with Gasteiger partial charge in [-0.1, -0.05) is 36.4 Å². The highest BCUT2D eigenvalue weighted by Crippen LogP contribution is 2.34. The number of benzene rings is 2. The minimum atomic E-state index is -0.759. The summed E-state index contributed by atoms with van der Waals surface area (Å²) in [7, 11) is 1.50. The summed E-state index contributed by atoms with van der Waals surface area (Å²) in [6.45, 7) is 3.75. The number of ether oxygens (including phenoxy) is 1. The lowest BCUT2D eigenvalue weighted by Crippen LogP contribution is -2.48. The van der Waals surface area contributed by atoms with Crippen molar-refractivity contribution in [3.05, 3.63) is 71.3 Å². The number of nitrogens with one attached hydrogen (secondary N) is 1. The Hall–Kier alpha value is -3.33. The topological polar surface area (TPSA) is 74.2 Å². The van der Waals surface area contributed by atoms with Crippen LogP contribution in [0.1, 0.15) is 37.4 Å². The molecule has 1 N–H and O–H groups in total. The van der Waals surface area contributed by atoms with Gasteiger partial charge in [0.25, 0.3) is 5.91 Å². The fraction of sp³-hybridized carbons (Fsp3) is 0.375. The first-order chi connectivity index (χ1) is 15.8. The molecule has 0 radical (unpaired) electrons. The number of hydrogen-bond donors (Lipinski definition) is 1. The van der Waals surface area contributed by atoms with E-state index in [1.807, 2.05) is 13.8 Å². The Morgan fingerprint density at radius 3 is 2.45 bits per heavy atom. The van der Waals surface area contributed by atoms with Crippen molar-refractivity contribution in [2.45, 2.75) is 32.4 Å². The lowest BCUT2D eigenvalue weighted by molar-refractivity contribution is -0.133. The van der Waals surface area contributed by atoms with E-state index in [1.54, 1.807) is 36.4 Å². The van der Waals surface area contributed by atoms with Crippen LogP contribution < -0.4 is 5.32 Å². The third-order valence-electron chi connectivity index (χ3n) is 5.21. The molecule has 1 heterocycles. The maximum Gasteiger partial charge on any atom is 0.318 e. The van der Waals surface area contributed by atoms with Gasteiger partial charge in [-0.15, -0.1) is 0 Å². The first kappa shape index (κ1) is 24.3. The first-order valence-corrected chi connectivity index (χ1v) is 10.7. The number of urea groups is 1. The number of rotatable bonds is 8. The van der Waals surface area contributed by atoms with Gasteiger partial charge in [-0.3, -0.25) is 4.79 Å². The van der Waals surface area contributed by atoms with E-state index < -0.39 is 29.6 Å². The van der Waals surface area contributed by atoms with Gasteiger partial charge in [0.2, 0.25) is 0 Å².